The molecule has 3 aromatic rings. The van der Waals surface area contributed by atoms with Gasteiger partial charge in [0.2, 0.25) is 0 Å². The Balaban J connectivity index is 1.75. The van der Waals surface area contributed by atoms with Crippen LogP contribution < -0.4 is 5.56 Å². The van der Waals surface area contributed by atoms with Gasteiger partial charge in [0, 0.05) is 16.5 Å². The predicted octanol–water partition coefficient (Wildman–Crippen LogP) is 2.13. The van der Waals surface area contributed by atoms with E-state index in [-0.39, 0.29) is 12.2 Å². The van der Waals surface area contributed by atoms with Crippen LogP contribution in [-0.2, 0) is 17.9 Å². The highest BCUT2D eigenvalue weighted by atomic mass is 16.6. The zero-order chi connectivity index (χ0) is 18.7. The third-order valence-electron chi connectivity index (χ3n) is 5.71. The lowest BCUT2D eigenvalue weighted by atomic mass is 9.86. The number of fused-ring (bicyclic) bond motifs is 5. The SMILES string of the molecule is CC[C@@H](O)C1c2cc3n(c(=O)c2COC1O)Cc1cc2ccccc2nc1-3. The molecular formula is C21H20N2O4. The Hall–Kier alpha value is -2.54. The van der Waals surface area contributed by atoms with Crippen LogP contribution in [0.15, 0.2) is 41.2 Å². The van der Waals surface area contributed by atoms with E-state index in [2.05, 4.69) is 6.07 Å². The van der Waals surface area contributed by atoms with Gasteiger partial charge in [-0.05, 0) is 30.2 Å². The van der Waals surface area contributed by atoms with Crippen molar-refractivity contribution >= 4 is 10.9 Å². The van der Waals surface area contributed by atoms with E-state index >= 15 is 0 Å². The zero-order valence-corrected chi connectivity index (χ0v) is 14.9. The molecule has 1 aromatic carbocycles. The summed E-state index contributed by atoms with van der Waals surface area (Å²) in [6.07, 6.45) is -1.45. The maximum Gasteiger partial charge on any atom is 0.257 e. The lowest BCUT2D eigenvalue weighted by molar-refractivity contribution is -0.152. The van der Waals surface area contributed by atoms with Gasteiger partial charge in [-0.15, -0.1) is 0 Å². The van der Waals surface area contributed by atoms with Crippen LogP contribution in [0.4, 0.5) is 0 Å². The fourth-order valence-corrected chi connectivity index (χ4v) is 4.25. The second-order valence-electron chi connectivity index (χ2n) is 7.25. The Labute approximate surface area is 155 Å². The van der Waals surface area contributed by atoms with Gasteiger partial charge in [-0.25, -0.2) is 4.98 Å². The maximum absolute atomic E-state index is 13.1. The molecule has 0 amide bonds. The summed E-state index contributed by atoms with van der Waals surface area (Å²) in [5.41, 5.74) is 4.46. The number of pyridine rings is 2. The maximum atomic E-state index is 13.1. The molecule has 138 valence electrons. The van der Waals surface area contributed by atoms with E-state index in [1.165, 1.54) is 0 Å². The van der Waals surface area contributed by atoms with Gasteiger partial charge in [0.25, 0.3) is 5.56 Å². The second kappa shape index (κ2) is 5.99. The molecule has 0 aliphatic carbocycles. The zero-order valence-electron chi connectivity index (χ0n) is 14.9. The van der Waals surface area contributed by atoms with Crippen LogP contribution in [0.5, 0.6) is 0 Å². The Morgan fingerprint density at radius 1 is 1.33 bits per heavy atom. The van der Waals surface area contributed by atoms with E-state index < -0.39 is 18.3 Å². The molecule has 6 nitrogen and oxygen atoms in total. The summed E-state index contributed by atoms with van der Waals surface area (Å²) in [5, 5.41) is 21.7. The lowest BCUT2D eigenvalue weighted by Crippen LogP contribution is -2.39. The molecule has 5 rings (SSSR count). The van der Waals surface area contributed by atoms with E-state index in [1.807, 2.05) is 37.3 Å². The van der Waals surface area contributed by atoms with E-state index in [0.29, 0.717) is 24.1 Å². The molecule has 3 atom stereocenters. The Bertz CT molecular complexity index is 1120. The van der Waals surface area contributed by atoms with E-state index in [0.717, 1.165) is 27.9 Å². The van der Waals surface area contributed by atoms with Crippen molar-refractivity contribution in [3.05, 3.63) is 63.4 Å². The second-order valence-corrected chi connectivity index (χ2v) is 7.25. The molecule has 0 bridgehead atoms. The van der Waals surface area contributed by atoms with Crippen molar-refractivity contribution in [2.24, 2.45) is 0 Å². The fraction of sp³-hybridized carbons (Fsp3) is 0.333. The van der Waals surface area contributed by atoms with Gasteiger partial charge in [-0.2, -0.15) is 0 Å². The summed E-state index contributed by atoms with van der Waals surface area (Å²) >= 11 is 0. The largest absolute Gasteiger partial charge is 0.392 e. The first-order chi connectivity index (χ1) is 13.1. The number of rotatable bonds is 2. The number of hydrogen-bond acceptors (Lipinski definition) is 5. The van der Waals surface area contributed by atoms with Gasteiger partial charge < -0.3 is 19.5 Å². The van der Waals surface area contributed by atoms with Gasteiger partial charge in [-0.3, -0.25) is 4.79 Å². The van der Waals surface area contributed by atoms with Gasteiger partial charge in [-0.1, -0.05) is 25.1 Å². The first-order valence-corrected chi connectivity index (χ1v) is 9.22. The molecule has 0 spiro atoms. The van der Waals surface area contributed by atoms with Gasteiger partial charge in [0.1, 0.15) is 0 Å². The van der Waals surface area contributed by atoms with Crippen LogP contribution in [-0.4, -0.2) is 32.2 Å². The topological polar surface area (TPSA) is 84.6 Å². The van der Waals surface area contributed by atoms with Crippen LogP contribution in [0.1, 0.15) is 36.0 Å². The molecular weight excluding hydrogens is 344 g/mol. The molecule has 2 unspecified atom stereocenters. The van der Waals surface area contributed by atoms with E-state index in [4.69, 9.17) is 9.72 Å². The molecule has 0 saturated heterocycles. The molecule has 2 N–H and O–H groups in total. The number of aliphatic hydroxyl groups is 2. The van der Waals surface area contributed by atoms with Crippen LogP contribution in [0.3, 0.4) is 0 Å². The Morgan fingerprint density at radius 2 is 2.15 bits per heavy atom. The highest BCUT2D eigenvalue weighted by Crippen LogP contribution is 2.38. The van der Waals surface area contributed by atoms with E-state index in [9.17, 15) is 15.0 Å². The highest BCUT2D eigenvalue weighted by Gasteiger charge is 2.37. The summed E-state index contributed by atoms with van der Waals surface area (Å²) in [7, 11) is 0. The van der Waals surface area contributed by atoms with Crippen molar-refractivity contribution in [3.63, 3.8) is 0 Å². The number of hydrogen-bond donors (Lipinski definition) is 2. The molecule has 27 heavy (non-hydrogen) atoms. The van der Waals surface area contributed by atoms with Gasteiger partial charge in [0.15, 0.2) is 6.29 Å². The van der Waals surface area contributed by atoms with Crippen molar-refractivity contribution in [2.75, 3.05) is 0 Å². The molecule has 0 saturated carbocycles. The third kappa shape index (κ3) is 2.37. The molecule has 4 heterocycles. The number of nitrogens with zero attached hydrogens (tertiary/aromatic N) is 2. The number of ether oxygens (including phenoxy) is 1. The highest BCUT2D eigenvalue weighted by molar-refractivity contribution is 5.84. The van der Waals surface area contributed by atoms with E-state index in [1.54, 1.807) is 4.57 Å². The minimum Gasteiger partial charge on any atom is -0.392 e. The van der Waals surface area contributed by atoms with Crippen molar-refractivity contribution in [1.29, 1.82) is 0 Å². The third-order valence-corrected chi connectivity index (χ3v) is 5.71. The van der Waals surface area contributed by atoms with Crippen LogP contribution in [0, 0.1) is 0 Å². The van der Waals surface area contributed by atoms with Crippen molar-refractivity contribution in [1.82, 2.24) is 9.55 Å². The smallest absolute Gasteiger partial charge is 0.257 e. The van der Waals surface area contributed by atoms with Gasteiger partial charge >= 0.3 is 0 Å². The predicted molar refractivity (Wildman–Crippen MR) is 100 cm³/mol. The number of benzene rings is 1. The van der Waals surface area contributed by atoms with Crippen LogP contribution >= 0.6 is 0 Å². The first-order valence-electron chi connectivity index (χ1n) is 9.22. The van der Waals surface area contributed by atoms with Crippen molar-refractivity contribution < 1.29 is 14.9 Å². The Kier molecular flexibility index (Phi) is 3.69. The van der Waals surface area contributed by atoms with Crippen molar-refractivity contribution in [2.45, 2.75) is 44.8 Å². The summed E-state index contributed by atoms with van der Waals surface area (Å²) in [6, 6.07) is 11.9. The van der Waals surface area contributed by atoms with Crippen LogP contribution in [0.25, 0.3) is 22.3 Å². The molecule has 2 aliphatic heterocycles. The molecule has 0 fully saturated rings. The van der Waals surface area contributed by atoms with Gasteiger partial charge in [0.05, 0.1) is 42.1 Å². The molecule has 2 aromatic heterocycles. The van der Waals surface area contributed by atoms with Crippen molar-refractivity contribution in [3.8, 4) is 11.4 Å². The Morgan fingerprint density at radius 3 is 2.96 bits per heavy atom. The molecule has 0 radical (unpaired) electrons. The number of para-hydroxylation sites is 1. The van der Waals surface area contributed by atoms with Crippen LogP contribution in [0.2, 0.25) is 0 Å². The number of aromatic nitrogens is 2. The summed E-state index contributed by atoms with van der Waals surface area (Å²) in [5.74, 6) is -0.637. The minimum atomic E-state index is -1.12. The molecule has 6 heteroatoms. The first kappa shape index (κ1) is 16.6. The summed E-state index contributed by atoms with van der Waals surface area (Å²) in [6.45, 7) is 2.36. The summed E-state index contributed by atoms with van der Waals surface area (Å²) < 4.78 is 7.10. The monoisotopic (exact) mass is 364 g/mol. The lowest BCUT2D eigenvalue weighted by Gasteiger charge is -2.33. The quantitative estimate of drug-likeness (QED) is 0.569. The fourth-order valence-electron chi connectivity index (χ4n) is 4.25. The number of aliphatic hydroxyl groups excluding tert-OH is 2. The normalized spacial score (nSPS) is 21.6. The average Bonchev–Trinajstić information content (AvgIpc) is 3.03. The summed E-state index contributed by atoms with van der Waals surface area (Å²) in [4.78, 5) is 17.9. The average molecular weight is 364 g/mol. The minimum absolute atomic E-state index is 0.0499. The molecule has 2 aliphatic rings. The standard InChI is InChI=1S/C21H20N2O4/c1-2-17(24)18-13-8-16-19-12(7-11-5-3-4-6-15(11)22-19)9-23(16)20(25)14(13)10-27-21(18)26/h3-8,17-18,21,24,26H,2,9-10H2,1H3/t17-,18?,21?/m1/s1.